The number of hydrogen-bond acceptors (Lipinski definition) is 5. The number of ether oxygens (including phenoxy) is 1. The number of aliphatic hydroxyl groups is 1. The quantitative estimate of drug-likeness (QED) is 0.654. The Labute approximate surface area is 195 Å². The number of aliphatic hydroxyl groups excluding tert-OH is 1. The number of allylic oxidation sites excluding steroid dienone is 1. The second-order valence-electron chi connectivity index (χ2n) is 11.5. The second kappa shape index (κ2) is 8.69. The van der Waals surface area contributed by atoms with E-state index in [0.717, 1.165) is 37.9 Å². The molecule has 33 heavy (non-hydrogen) atoms. The third-order valence-corrected chi connectivity index (χ3v) is 8.37. The lowest BCUT2D eigenvalue weighted by Gasteiger charge is -2.59. The molecule has 1 amide bonds. The zero-order valence-electron chi connectivity index (χ0n) is 19.8. The van der Waals surface area contributed by atoms with E-state index in [1.807, 2.05) is 13.8 Å². The number of amides is 1. The summed E-state index contributed by atoms with van der Waals surface area (Å²) in [6, 6.07) is 0.163. The minimum absolute atomic E-state index is 0.0790. The average molecular weight is 461 g/mol. The van der Waals surface area contributed by atoms with Gasteiger partial charge in [-0.3, -0.25) is 9.18 Å². The van der Waals surface area contributed by atoms with Gasteiger partial charge in [-0.15, -0.1) is 0 Å². The first-order valence-electron chi connectivity index (χ1n) is 12.4. The van der Waals surface area contributed by atoms with Crippen molar-refractivity contribution in [1.29, 1.82) is 0 Å². The minimum atomic E-state index is -0.598. The Morgan fingerprint density at radius 2 is 2.00 bits per heavy atom. The lowest BCUT2D eigenvalue weighted by atomic mass is 9.48. The van der Waals surface area contributed by atoms with Gasteiger partial charge in [0.1, 0.15) is 11.4 Å². The van der Waals surface area contributed by atoms with Crippen LogP contribution >= 0.6 is 0 Å². The molecule has 2 unspecified atom stereocenters. The minimum Gasteiger partial charge on any atom is -0.396 e. The van der Waals surface area contributed by atoms with Crippen molar-refractivity contribution in [3.05, 3.63) is 17.8 Å². The number of aromatic nitrogens is 2. The molecule has 4 aliphatic carbocycles. The van der Waals surface area contributed by atoms with E-state index in [4.69, 9.17) is 4.74 Å². The molecule has 7 nitrogen and oxygen atoms in total. The molecule has 4 bridgehead atoms. The van der Waals surface area contributed by atoms with Gasteiger partial charge in [-0.25, -0.2) is 4.68 Å². The van der Waals surface area contributed by atoms with Crippen LogP contribution < -0.4 is 10.2 Å². The summed E-state index contributed by atoms with van der Waals surface area (Å²) in [6.07, 6.45) is 10.7. The molecule has 0 aromatic carbocycles. The molecule has 1 aromatic heterocycles. The van der Waals surface area contributed by atoms with Crippen LogP contribution in [0.4, 0.5) is 10.2 Å². The van der Waals surface area contributed by atoms with Crippen molar-refractivity contribution in [2.45, 2.75) is 52.0 Å². The van der Waals surface area contributed by atoms with Crippen molar-refractivity contribution < 1.29 is 19.0 Å². The van der Waals surface area contributed by atoms with Crippen molar-refractivity contribution in [3.63, 3.8) is 0 Å². The van der Waals surface area contributed by atoms with Gasteiger partial charge >= 0.3 is 0 Å². The van der Waals surface area contributed by atoms with Crippen LogP contribution in [0.5, 0.6) is 0 Å². The van der Waals surface area contributed by atoms with E-state index in [1.54, 1.807) is 23.2 Å². The standard InChI is InChI=1S/C25H37FN4O3/c1-24(2,15-26)3-4-30-23(29-5-7-33-8-6-29)20(14-27-30)22(32)28-21-18-9-17-10-19(21)13-25(11-17,12-18)16-31/h3-4,14,17-19,21,31H,5-13,15-16H2,1-2H3,(H,28,32). The maximum absolute atomic E-state index is 13.6. The van der Waals surface area contributed by atoms with Gasteiger partial charge in [-0.05, 0) is 55.3 Å². The Morgan fingerprint density at radius 3 is 2.64 bits per heavy atom. The van der Waals surface area contributed by atoms with Crippen LogP contribution in [0.25, 0.3) is 6.20 Å². The summed E-state index contributed by atoms with van der Waals surface area (Å²) in [5.41, 5.74) is 0.0419. The fraction of sp³-hybridized carbons (Fsp3) is 0.760. The van der Waals surface area contributed by atoms with E-state index in [0.29, 0.717) is 49.6 Å². The van der Waals surface area contributed by atoms with Crippen LogP contribution in [0.15, 0.2) is 12.3 Å². The Balaban J connectivity index is 1.39. The fourth-order valence-electron chi connectivity index (χ4n) is 6.88. The van der Waals surface area contributed by atoms with E-state index < -0.39 is 12.1 Å². The van der Waals surface area contributed by atoms with E-state index in [1.165, 1.54) is 0 Å². The zero-order valence-corrected chi connectivity index (χ0v) is 19.8. The monoisotopic (exact) mass is 460 g/mol. The highest BCUT2D eigenvalue weighted by atomic mass is 19.1. The number of hydrogen-bond donors (Lipinski definition) is 2. The molecule has 5 fully saturated rings. The highest BCUT2D eigenvalue weighted by molar-refractivity contribution is 5.99. The number of anilines is 1. The summed E-state index contributed by atoms with van der Waals surface area (Å²) in [6.45, 7) is 6.04. The summed E-state index contributed by atoms with van der Waals surface area (Å²) < 4.78 is 20.6. The fourth-order valence-corrected chi connectivity index (χ4v) is 6.88. The number of carbonyl (C=O) groups is 1. The van der Waals surface area contributed by atoms with Gasteiger partial charge in [0, 0.05) is 37.4 Å². The van der Waals surface area contributed by atoms with Gasteiger partial charge in [0.25, 0.3) is 5.91 Å². The van der Waals surface area contributed by atoms with Gasteiger partial charge < -0.3 is 20.1 Å². The molecule has 1 saturated heterocycles. The number of alkyl halides is 1. The first-order chi connectivity index (χ1) is 15.8. The van der Waals surface area contributed by atoms with Crippen LogP contribution in [0.2, 0.25) is 0 Å². The summed E-state index contributed by atoms with van der Waals surface area (Å²) in [5, 5.41) is 17.9. The maximum atomic E-state index is 13.6. The molecule has 0 radical (unpaired) electrons. The summed E-state index contributed by atoms with van der Waals surface area (Å²) >= 11 is 0. The van der Waals surface area contributed by atoms with Crippen molar-refractivity contribution in [1.82, 2.24) is 15.1 Å². The normalized spacial score (nSPS) is 33.8. The van der Waals surface area contributed by atoms with Gasteiger partial charge in [0.2, 0.25) is 0 Å². The lowest BCUT2D eigenvalue weighted by molar-refractivity contribution is -0.0969. The van der Waals surface area contributed by atoms with Crippen LogP contribution in [0.3, 0.4) is 0 Å². The number of nitrogens with zero attached hydrogens (tertiary/aromatic N) is 3. The summed E-state index contributed by atoms with van der Waals surface area (Å²) in [7, 11) is 0. The lowest BCUT2D eigenvalue weighted by Crippen LogP contribution is -2.60. The number of morpholine rings is 1. The van der Waals surface area contributed by atoms with Gasteiger partial charge in [-0.1, -0.05) is 19.9 Å². The maximum Gasteiger partial charge on any atom is 0.256 e. The third kappa shape index (κ3) is 4.32. The topological polar surface area (TPSA) is 79.6 Å². The Bertz CT molecular complexity index is 891. The van der Waals surface area contributed by atoms with Crippen LogP contribution in [0.1, 0.15) is 56.3 Å². The number of nitrogens with one attached hydrogen (secondary N) is 1. The molecule has 8 heteroatoms. The molecule has 6 rings (SSSR count). The number of rotatable bonds is 7. The SMILES string of the molecule is CC(C)(C=Cn1ncc(C(=O)NC2C3CC4CC2CC(CO)(C4)C3)c1N1CCOCC1)CF. The van der Waals surface area contributed by atoms with E-state index >= 15 is 0 Å². The molecule has 182 valence electrons. The highest BCUT2D eigenvalue weighted by Gasteiger charge is 2.55. The number of carbonyl (C=O) groups excluding carboxylic acids is 1. The third-order valence-electron chi connectivity index (χ3n) is 8.37. The molecule has 1 aromatic rings. The Kier molecular flexibility index (Phi) is 6.02. The second-order valence-corrected chi connectivity index (χ2v) is 11.5. The smallest absolute Gasteiger partial charge is 0.256 e. The van der Waals surface area contributed by atoms with Gasteiger partial charge in [-0.2, -0.15) is 5.10 Å². The predicted molar refractivity (Wildman–Crippen MR) is 125 cm³/mol. The predicted octanol–water partition coefficient (Wildman–Crippen LogP) is 3.10. The van der Waals surface area contributed by atoms with Crippen LogP contribution in [-0.4, -0.2) is 66.4 Å². The molecule has 2 heterocycles. The highest BCUT2D eigenvalue weighted by Crippen LogP contribution is 2.59. The van der Waals surface area contributed by atoms with Crippen molar-refractivity contribution in [2.24, 2.45) is 28.6 Å². The summed E-state index contributed by atoms with van der Waals surface area (Å²) in [4.78, 5) is 15.7. The number of halogens is 1. The molecular formula is C25H37FN4O3. The van der Waals surface area contributed by atoms with Crippen LogP contribution in [-0.2, 0) is 4.74 Å². The Hall–Kier alpha value is -1.93. The van der Waals surface area contributed by atoms with Crippen molar-refractivity contribution in [3.8, 4) is 0 Å². The molecule has 4 saturated carbocycles. The Morgan fingerprint density at radius 1 is 1.30 bits per heavy atom. The molecule has 2 N–H and O–H groups in total. The average Bonchev–Trinajstić information content (AvgIpc) is 3.24. The van der Waals surface area contributed by atoms with Gasteiger partial charge in [0.05, 0.1) is 26.1 Å². The molecular weight excluding hydrogens is 423 g/mol. The molecule has 2 atom stereocenters. The van der Waals surface area contributed by atoms with Gasteiger partial charge in [0.15, 0.2) is 0 Å². The van der Waals surface area contributed by atoms with Crippen molar-refractivity contribution >= 4 is 17.9 Å². The van der Waals surface area contributed by atoms with E-state index in [-0.39, 0.29) is 24.0 Å². The van der Waals surface area contributed by atoms with E-state index in [2.05, 4.69) is 15.3 Å². The molecule has 1 aliphatic heterocycles. The molecule has 0 spiro atoms. The largest absolute Gasteiger partial charge is 0.396 e. The van der Waals surface area contributed by atoms with E-state index in [9.17, 15) is 14.3 Å². The van der Waals surface area contributed by atoms with Crippen LogP contribution in [0, 0.1) is 28.6 Å². The zero-order chi connectivity index (χ0) is 23.2. The van der Waals surface area contributed by atoms with Crippen molar-refractivity contribution in [2.75, 3.05) is 44.5 Å². The molecule has 5 aliphatic rings. The first kappa shape index (κ1) is 22.8. The first-order valence-corrected chi connectivity index (χ1v) is 12.4. The summed E-state index contributed by atoms with van der Waals surface area (Å²) in [5.74, 6) is 2.24.